The molecule has 0 unspecified atom stereocenters. The van der Waals surface area contributed by atoms with Gasteiger partial charge in [0.15, 0.2) is 0 Å². The van der Waals surface area contributed by atoms with E-state index in [-0.39, 0.29) is 5.91 Å². The van der Waals surface area contributed by atoms with Gasteiger partial charge in [-0.3, -0.25) is 19.6 Å². The summed E-state index contributed by atoms with van der Waals surface area (Å²) in [4.78, 5) is 16.7. The number of amides is 1. The summed E-state index contributed by atoms with van der Waals surface area (Å²) in [5.74, 6) is -0.212. The molecular formula is C20H18N6O. The maximum Gasteiger partial charge on any atom is 0.269 e. The molecule has 0 bridgehead atoms. The lowest BCUT2D eigenvalue weighted by Crippen LogP contribution is -2.23. The topological polar surface area (TPSA) is 88.5 Å². The van der Waals surface area contributed by atoms with Gasteiger partial charge in [0.1, 0.15) is 5.69 Å². The van der Waals surface area contributed by atoms with E-state index < -0.39 is 0 Å². The molecule has 0 saturated carbocycles. The van der Waals surface area contributed by atoms with Gasteiger partial charge in [-0.25, -0.2) is 0 Å². The van der Waals surface area contributed by atoms with Gasteiger partial charge >= 0.3 is 0 Å². The summed E-state index contributed by atoms with van der Waals surface area (Å²) in [6, 6.07) is 13.5. The van der Waals surface area contributed by atoms with Gasteiger partial charge < -0.3 is 5.32 Å². The zero-order valence-corrected chi connectivity index (χ0v) is 14.8. The molecule has 27 heavy (non-hydrogen) atoms. The summed E-state index contributed by atoms with van der Waals surface area (Å²) in [5.41, 5.74) is 4.97. The average molecular weight is 358 g/mol. The number of carbonyl (C=O) groups is 1. The highest BCUT2D eigenvalue weighted by atomic mass is 16.1. The van der Waals surface area contributed by atoms with Crippen LogP contribution in [0.15, 0.2) is 67.3 Å². The van der Waals surface area contributed by atoms with Gasteiger partial charge in [-0.05, 0) is 17.7 Å². The van der Waals surface area contributed by atoms with Crippen LogP contribution >= 0.6 is 0 Å². The van der Waals surface area contributed by atoms with Crippen LogP contribution in [0.4, 0.5) is 0 Å². The van der Waals surface area contributed by atoms with Crippen molar-refractivity contribution in [2.75, 3.05) is 0 Å². The van der Waals surface area contributed by atoms with Crippen molar-refractivity contribution in [3.63, 3.8) is 0 Å². The van der Waals surface area contributed by atoms with Crippen LogP contribution in [0.3, 0.4) is 0 Å². The molecule has 7 nitrogen and oxygen atoms in total. The summed E-state index contributed by atoms with van der Waals surface area (Å²) >= 11 is 0. The van der Waals surface area contributed by atoms with E-state index in [1.54, 1.807) is 29.3 Å². The number of aromatic nitrogens is 5. The number of hydrogen-bond acceptors (Lipinski definition) is 4. The Labute approximate surface area is 156 Å². The Morgan fingerprint density at radius 2 is 1.93 bits per heavy atom. The SMILES string of the molecule is Cn1cc(-c2cncc(CNC(=O)c3cc(-c4ccccc4)n[nH]3)c2)cn1. The third-order valence-electron chi connectivity index (χ3n) is 4.18. The number of carbonyl (C=O) groups excluding carboxylic acids is 1. The van der Waals surface area contributed by atoms with Crippen molar-refractivity contribution in [2.24, 2.45) is 7.05 Å². The van der Waals surface area contributed by atoms with Gasteiger partial charge in [0.25, 0.3) is 5.91 Å². The number of H-pyrrole nitrogens is 1. The molecule has 0 radical (unpaired) electrons. The van der Waals surface area contributed by atoms with Crippen molar-refractivity contribution in [2.45, 2.75) is 6.54 Å². The van der Waals surface area contributed by atoms with Crippen LogP contribution in [0.25, 0.3) is 22.4 Å². The van der Waals surface area contributed by atoms with Crippen LogP contribution in [0, 0.1) is 0 Å². The fraction of sp³-hybridized carbons (Fsp3) is 0.100. The third-order valence-corrected chi connectivity index (χ3v) is 4.18. The largest absolute Gasteiger partial charge is 0.347 e. The van der Waals surface area contributed by atoms with Gasteiger partial charge in [-0.15, -0.1) is 0 Å². The molecule has 0 fully saturated rings. The summed E-state index contributed by atoms with van der Waals surface area (Å²) in [5, 5.41) is 14.1. The van der Waals surface area contributed by atoms with Gasteiger partial charge in [-0.1, -0.05) is 30.3 Å². The minimum absolute atomic E-state index is 0.212. The lowest BCUT2D eigenvalue weighted by Gasteiger charge is -2.05. The van der Waals surface area contributed by atoms with Crippen molar-refractivity contribution in [1.29, 1.82) is 0 Å². The van der Waals surface area contributed by atoms with Crippen LogP contribution in [0.2, 0.25) is 0 Å². The predicted molar refractivity (Wildman–Crippen MR) is 102 cm³/mol. The second-order valence-electron chi connectivity index (χ2n) is 6.20. The van der Waals surface area contributed by atoms with Crippen LogP contribution < -0.4 is 5.32 Å². The number of benzene rings is 1. The minimum atomic E-state index is -0.212. The fourth-order valence-corrected chi connectivity index (χ4v) is 2.78. The zero-order chi connectivity index (χ0) is 18.6. The minimum Gasteiger partial charge on any atom is -0.347 e. The molecule has 0 saturated heterocycles. The first-order chi connectivity index (χ1) is 13.2. The molecule has 2 N–H and O–H groups in total. The number of aryl methyl sites for hydroxylation is 1. The van der Waals surface area contributed by atoms with Gasteiger partial charge in [-0.2, -0.15) is 10.2 Å². The second-order valence-corrected chi connectivity index (χ2v) is 6.20. The maximum atomic E-state index is 12.4. The maximum absolute atomic E-state index is 12.4. The Balaban J connectivity index is 1.43. The van der Waals surface area contributed by atoms with Crippen molar-refractivity contribution >= 4 is 5.91 Å². The van der Waals surface area contributed by atoms with Gasteiger partial charge in [0, 0.05) is 48.9 Å². The van der Waals surface area contributed by atoms with Crippen LogP contribution in [0.1, 0.15) is 16.1 Å². The van der Waals surface area contributed by atoms with Crippen LogP contribution in [-0.2, 0) is 13.6 Å². The van der Waals surface area contributed by atoms with E-state index in [1.165, 1.54) is 0 Å². The normalized spacial score (nSPS) is 10.7. The first-order valence-corrected chi connectivity index (χ1v) is 8.51. The highest BCUT2D eigenvalue weighted by Gasteiger charge is 2.11. The summed E-state index contributed by atoms with van der Waals surface area (Å²) in [7, 11) is 1.87. The molecule has 4 rings (SSSR count). The molecule has 134 valence electrons. The number of pyridine rings is 1. The number of aromatic amines is 1. The average Bonchev–Trinajstić information content (AvgIpc) is 3.36. The monoisotopic (exact) mass is 358 g/mol. The van der Waals surface area contributed by atoms with E-state index in [2.05, 4.69) is 25.6 Å². The van der Waals surface area contributed by atoms with E-state index in [0.717, 1.165) is 27.9 Å². The van der Waals surface area contributed by atoms with Crippen molar-refractivity contribution in [1.82, 2.24) is 30.3 Å². The Morgan fingerprint density at radius 1 is 1.07 bits per heavy atom. The van der Waals surface area contributed by atoms with E-state index in [9.17, 15) is 4.79 Å². The molecule has 0 spiro atoms. The van der Waals surface area contributed by atoms with E-state index in [1.807, 2.05) is 49.6 Å². The molecule has 0 aliphatic carbocycles. The van der Waals surface area contributed by atoms with Crippen molar-refractivity contribution in [3.05, 3.63) is 78.5 Å². The highest BCUT2D eigenvalue weighted by molar-refractivity contribution is 5.93. The molecular weight excluding hydrogens is 340 g/mol. The van der Waals surface area contributed by atoms with Crippen LogP contribution in [-0.4, -0.2) is 30.9 Å². The summed E-state index contributed by atoms with van der Waals surface area (Å²) in [6.07, 6.45) is 7.23. The summed E-state index contributed by atoms with van der Waals surface area (Å²) < 4.78 is 1.74. The lowest BCUT2D eigenvalue weighted by atomic mass is 10.1. The Kier molecular flexibility index (Phi) is 4.49. The molecule has 1 aromatic carbocycles. The molecule has 3 aromatic heterocycles. The lowest BCUT2D eigenvalue weighted by molar-refractivity contribution is 0.0946. The standard InChI is InChI=1S/C20H18N6O/c1-26-13-17(12-23-26)16-7-14(9-21-11-16)10-22-20(27)19-8-18(24-25-19)15-5-3-2-4-6-15/h2-9,11-13H,10H2,1H3,(H,22,27)(H,24,25). The predicted octanol–water partition coefficient (Wildman–Crippen LogP) is 2.80. The molecule has 3 heterocycles. The molecule has 7 heteroatoms. The van der Waals surface area contributed by atoms with Crippen molar-refractivity contribution in [3.8, 4) is 22.4 Å². The Bertz CT molecular complexity index is 1070. The molecule has 1 amide bonds. The number of hydrogen-bond donors (Lipinski definition) is 2. The second kappa shape index (κ2) is 7.25. The van der Waals surface area contributed by atoms with Crippen molar-refractivity contribution < 1.29 is 4.79 Å². The van der Waals surface area contributed by atoms with E-state index >= 15 is 0 Å². The Hall–Kier alpha value is -3.74. The van der Waals surface area contributed by atoms with Crippen LogP contribution in [0.5, 0.6) is 0 Å². The highest BCUT2D eigenvalue weighted by Crippen LogP contribution is 2.19. The number of rotatable bonds is 5. The molecule has 0 atom stereocenters. The van der Waals surface area contributed by atoms with E-state index in [4.69, 9.17) is 0 Å². The third kappa shape index (κ3) is 3.77. The molecule has 0 aliphatic heterocycles. The molecule has 4 aromatic rings. The summed E-state index contributed by atoms with van der Waals surface area (Å²) in [6.45, 7) is 0.375. The van der Waals surface area contributed by atoms with Gasteiger partial charge in [0.05, 0.1) is 11.9 Å². The number of nitrogens with one attached hydrogen (secondary N) is 2. The van der Waals surface area contributed by atoms with Gasteiger partial charge in [0.2, 0.25) is 0 Å². The quantitative estimate of drug-likeness (QED) is 0.574. The Morgan fingerprint density at radius 3 is 2.70 bits per heavy atom. The smallest absolute Gasteiger partial charge is 0.269 e. The number of nitrogens with zero attached hydrogens (tertiary/aromatic N) is 4. The first-order valence-electron chi connectivity index (χ1n) is 8.51. The zero-order valence-electron chi connectivity index (χ0n) is 14.8. The fourth-order valence-electron chi connectivity index (χ4n) is 2.78. The molecule has 0 aliphatic rings. The van der Waals surface area contributed by atoms with E-state index in [0.29, 0.717) is 12.2 Å². The first kappa shape index (κ1) is 16.7.